The highest BCUT2D eigenvalue weighted by atomic mass is 19.1. The Bertz CT molecular complexity index is 903. The van der Waals surface area contributed by atoms with E-state index in [-0.39, 0.29) is 11.6 Å². The van der Waals surface area contributed by atoms with Crippen molar-refractivity contribution in [3.05, 3.63) is 54.0 Å². The number of rotatable bonds is 6. The van der Waals surface area contributed by atoms with Gasteiger partial charge >= 0.3 is 0 Å². The Morgan fingerprint density at radius 1 is 1.19 bits per heavy atom. The van der Waals surface area contributed by atoms with Gasteiger partial charge in [-0.05, 0) is 56.6 Å². The average Bonchev–Trinajstić information content (AvgIpc) is 3.10. The maximum absolute atomic E-state index is 13.3. The Morgan fingerprint density at radius 2 is 2.00 bits per heavy atom. The van der Waals surface area contributed by atoms with Crippen LogP contribution in [0.2, 0.25) is 0 Å². The molecule has 1 saturated heterocycles. The summed E-state index contributed by atoms with van der Waals surface area (Å²) in [5.74, 6) is 0.764. The molecule has 1 aliphatic heterocycles. The van der Waals surface area contributed by atoms with Gasteiger partial charge < -0.3 is 19.3 Å². The summed E-state index contributed by atoms with van der Waals surface area (Å²) in [6, 6.07) is 11.6. The zero-order chi connectivity index (χ0) is 18.6. The Morgan fingerprint density at radius 3 is 2.81 bits per heavy atom. The third kappa shape index (κ3) is 4.06. The van der Waals surface area contributed by atoms with Gasteiger partial charge in [0.1, 0.15) is 5.82 Å². The van der Waals surface area contributed by atoms with Crippen LogP contribution in [0.25, 0.3) is 11.0 Å². The molecule has 0 amide bonds. The molecule has 2 heterocycles. The lowest BCUT2D eigenvalue weighted by atomic mass is 9.91. The molecule has 1 N–H and O–H groups in total. The molecule has 0 unspecified atom stereocenters. The van der Waals surface area contributed by atoms with Crippen molar-refractivity contribution < 1.29 is 18.8 Å². The number of hydrogen-bond acceptors (Lipinski definition) is 5. The lowest BCUT2D eigenvalue weighted by Gasteiger charge is -2.31. The zero-order valence-corrected chi connectivity index (χ0v) is 15.1. The van der Waals surface area contributed by atoms with Crippen LogP contribution in [0.1, 0.15) is 30.9 Å². The largest absolute Gasteiger partial charge is 0.504 e. The number of fused-ring (bicyclic) bond motifs is 1. The summed E-state index contributed by atoms with van der Waals surface area (Å²) in [6.07, 6.45) is 2.93. The van der Waals surface area contributed by atoms with E-state index in [1.54, 1.807) is 24.3 Å². The number of para-hydroxylation sites is 2. The van der Waals surface area contributed by atoms with Crippen LogP contribution in [0.15, 0.2) is 47.0 Å². The number of phenols is 1. The average molecular weight is 370 g/mol. The van der Waals surface area contributed by atoms with Gasteiger partial charge in [0.25, 0.3) is 0 Å². The minimum Gasteiger partial charge on any atom is -0.504 e. The number of likely N-dealkylation sites (tertiary alicyclic amines) is 1. The molecule has 0 aliphatic carbocycles. The predicted molar refractivity (Wildman–Crippen MR) is 101 cm³/mol. The maximum Gasteiger partial charge on any atom is 0.170 e. The second-order valence-electron chi connectivity index (χ2n) is 6.99. The fourth-order valence-electron chi connectivity index (χ4n) is 3.70. The van der Waals surface area contributed by atoms with Crippen LogP contribution >= 0.6 is 0 Å². The summed E-state index contributed by atoms with van der Waals surface area (Å²) in [6.45, 7) is 3.54. The van der Waals surface area contributed by atoms with Crippen molar-refractivity contribution in [3.8, 4) is 11.5 Å². The first-order chi connectivity index (χ1) is 13.2. The molecule has 1 aromatic heterocycles. The van der Waals surface area contributed by atoms with Crippen molar-refractivity contribution in [2.45, 2.75) is 25.2 Å². The number of aromatic hydroxyl groups is 1. The predicted octanol–water partition coefficient (Wildman–Crippen LogP) is 4.32. The Kier molecular flexibility index (Phi) is 5.25. The van der Waals surface area contributed by atoms with Gasteiger partial charge in [-0.3, -0.25) is 0 Å². The number of phenolic OH excluding ortho intramolecular Hbond substituents is 1. The van der Waals surface area contributed by atoms with Gasteiger partial charge in [-0.15, -0.1) is 0 Å². The normalized spacial score (nSPS) is 16.0. The third-order valence-electron chi connectivity index (χ3n) is 5.18. The van der Waals surface area contributed by atoms with E-state index in [1.807, 2.05) is 6.07 Å². The van der Waals surface area contributed by atoms with Crippen LogP contribution in [0.5, 0.6) is 11.5 Å². The maximum atomic E-state index is 13.3. The van der Waals surface area contributed by atoms with Crippen LogP contribution in [-0.4, -0.2) is 41.4 Å². The van der Waals surface area contributed by atoms with E-state index < -0.39 is 0 Å². The van der Waals surface area contributed by atoms with Gasteiger partial charge in [-0.25, -0.2) is 4.39 Å². The Labute approximate surface area is 157 Å². The summed E-state index contributed by atoms with van der Waals surface area (Å²) >= 11 is 0. The topological polar surface area (TPSA) is 58.7 Å². The van der Waals surface area contributed by atoms with Gasteiger partial charge in [0, 0.05) is 23.9 Å². The minimum absolute atomic E-state index is 0.179. The number of aromatic nitrogens is 1. The highest BCUT2D eigenvalue weighted by molar-refractivity contribution is 5.79. The second kappa shape index (κ2) is 7.96. The monoisotopic (exact) mass is 370 g/mol. The lowest BCUT2D eigenvalue weighted by molar-refractivity contribution is 0.189. The third-order valence-corrected chi connectivity index (χ3v) is 5.18. The van der Waals surface area contributed by atoms with Crippen LogP contribution in [-0.2, 0) is 0 Å². The molecule has 0 saturated carbocycles. The molecule has 2 aromatic carbocycles. The van der Waals surface area contributed by atoms with E-state index in [4.69, 9.17) is 9.26 Å². The SMILES string of the molecule is Oc1ccccc1OCCCN1CCC(c2noc3cc(F)ccc23)CC1. The van der Waals surface area contributed by atoms with Crippen LogP contribution in [0.4, 0.5) is 4.39 Å². The van der Waals surface area contributed by atoms with E-state index in [0.717, 1.165) is 50.0 Å². The number of halogens is 1. The van der Waals surface area contributed by atoms with Crippen LogP contribution in [0.3, 0.4) is 0 Å². The van der Waals surface area contributed by atoms with E-state index in [0.29, 0.717) is 23.9 Å². The molecule has 0 bridgehead atoms. The van der Waals surface area contributed by atoms with E-state index in [2.05, 4.69) is 10.1 Å². The molecule has 5 nitrogen and oxygen atoms in total. The number of piperidine rings is 1. The van der Waals surface area contributed by atoms with Gasteiger partial charge in [0.15, 0.2) is 17.1 Å². The molecular formula is C21H23FN2O3. The standard InChI is InChI=1S/C21H23FN2O3/c22-16-6-7-17-20(14-16)27-23-21(17)15-8-11-24(12-9-15)10-3-13-26-19-5-2-1-4-18(19)25/h1-2,4-7,14-15,25H,3,8-13H2. The van der Waals surface area contributed by atoms with Gasteiger partial charge in [0.05, 0.1) is 12.3 Å². The first-order valence-corrected chi connectivity index (χ1v) is 9.38. The molecule has 0 atom stereocenters. The summed E-state index contributed by atoms with van der Waals surface area (Å²) in [5.41, 5.74) is 1.47. The van der Waals surface area contributed by atoms with Crippen LogP contribution in [0, 0.1) is 5.82 Å². The minimum atomic E-state index is -0.300. The van der Waals surface area contributed by atoms with Crippen molar-refractivity contribution in [1.29, 1.82) is 0 Å². The van der Waals surface area contributed by atoms with E-state index >= 15 is 0 Å². The van der Waals surface area contributed by atoms with Crippen molar-refractivity contribution in [1.82, 2.24) is 10.1 Å². The van der Waals surface area contributed by atoms with Crippen molar-refractivity contribution in [2.75, 3.05) is 26.2 Å². The molecule has 0 radical (unpaired) electrons. The quantitative estimate of drug-likeness (QED) is 0.655. The molecular weight excluding hydrogens is 347 g/mol. The number of nitrogens with zero attached hydrogens (tertiary/aromatic N) is 2. The highest BCUT2D eigenvalue weighted by Crippen LogP contribution is 2.32. The first-order valence-electron chi connectivity index (χ1n) is 9.38. The fourth-order valence-corrected chi connectivity index (χ4v) is 3.70. The number of benzene rings is 2. The van der Waals surface area contributed by atoms with Crippen molar-refractivity contribution in [3.63, 3.8) is 0 Å². The Balaban J connectivity index is 1.25. The number of hydrogen-bond donors (Lipinski definition) is 1. The molecule has 6 heteroatoms. The molecule has 0 spiro atoms. The second-order valence-corrected chi connectivity index (χ2v) is 6.99. The first kappa shape index (κ1) is 17.8. The lowest BCUT2D eigenvalue weighted by Crippen LogP contribution is -2.34. The molecule has 27 heavy (non-hydrogen) atoms. The molecule has 1 fully saturated rings. The van der Waals surface area contributed by atoms with Gasteiger partial charge in [-0.2, -0.15) is 0 Å². The molecule has 3 aromatic rings. The fraction of sp³-hybridized carbons (Fsp3) is 0.381. The molecule has 1 aliphatic rings. The summed E-state index contributed by atoms with van der Waals surface area (Å²) in [7, 11) is 0. The van der Waals surface area contributed by atoms with Crippen LogP contribution < -0.4 is 4.74 Å². The van der Waals surface area contributed by atoms with Crippen molar-refractivity contribution >= 4 is 11.0 Å². The molecule has 142 valence electrons. The van der Waals surface area contributed by atoms with Gasteiger partial charge in [-0.1, -0.05) is 17.3 Å². The Hall–Kier alpha value is -2.60. The van der Waals surface area contributed by atoms with E-state index in [1.165, 1.54) is 12.1 Å². The van der Waals surface area contributed by atoms with Gasteiger partial charge in [0.2, 0.25) is 0 Å². The highest BCUT2D eigenvalue weighted by Gasteiger charge is 2.24. The van der Waals surface area contributed by atoms with E-state index in [9.17, 15) is 9.50 Å². The summed E-state index contributed by atoms with van der Waals surface area (Å²) in [4.78, 5) is 2.42. The molecule has 4 rings (SSSR count). The van der Waals surface area contributed by atoms with Crippen molar-refractivity contribution in [2.24, 2.45) is 0 Å². The zero-order valence-electron chi connectivity index (χ0n) is 15.1. The number of ether oxygens (including phenoxy) is 1. The summed E-state index contributed by atoms with van der Waals surface area (Å²) < 4.78 is 24.2. The summed E-state index contributed by atoms with van der Waals surface area (Å²) in [5, 5.41) is 14.8. The smallest absolute Gasteiger partial charge is 0.170 e.